The third-order valence-corrected chi connectivity index (χ3v) is 5.42. The average Bonchev–Trinajstić information content (AvgIpc) is 3.08. The van der Waals surface area contributed by atoms with Crippen LogP contribution in [0.2, 0.25) is 4.34 Å². The Balaban J connectivity index is 1.63. The van der Waals surface area contributed by atoms with E-state index < -0.39 is 0 Å². The molecule has 1 aromatic heterocycles. The van der Waals surface area contributed by atoms with E-state index in [2.05, 4.69) is 11.4 Å². The van der Waals surface area contributed by atoms with Gasteiger partial charge in [0.25, 0.3) is 0 Å². The lowest BCUT2D eigenvalue weighted by Crippen LogP contribution is -2.38. The Hall–Kier alpha value is -2.24. The summed E-state index contributed by atoms with van der Waals surface area (Å²) in [7, 11) is 1.66. The van der Waals surface area contributed by atoms with Crippen molar-refractivity contribution in [1.29, 1.82) is 0 Å². The van der Waals surface area contributed by atoms with Crippen molar-refractivity contribution in [3.05, 3.63) is 63.3 Å². The van der Waals surface area contributed by atoms with Crippen molar-refractivity contribution in [1.82, 2.24) is 10.2 Å². The molecule has 0 aliphatic rings. The molecule has 1 heterocycles. The summed E-state index contributed by atoms with van der Waals surface area (Å²) in [5, 5.41) is 5.24. The third-order valence-electron chi connectivity index (χ3n) is 4.20. The van der Waals surface area contributed by atoms with Crippen molar-refractivity contribution in [3.8, 4) is 5.75 Å². The average molecular weight is 389 g/mol. The highest BCUT2D eigenvalue weighted by Crippen LogP contribution is 2.23. The minimum atomic E-state index is -0.0770. The zero-order valence-electron chi connectivity index (χ0n) is 14.8. The standard InChI is InChI=1S/C20H21ClN2O2S/c1-3-23(13-18-8-9-19(21)26-18)20(24)22-12-14-4-5-16-11-17(25-2)7-6-15(16)10-14/h4-11H,3,12-13H2,1-2H3,(H,22,24). The molecule has 0 fully saturated rings. The van der Waals surface area contributed by atoms with Crippen LogP contribution in [0.25, 0.3) is 10.8 Å². The largest absolute Gasteiger partial charge is 0.497 e. The van der Waals surface area contributed by atoms with Gasteiger partial charge < -0.3 is 15.0 Å². The van der Waals surface area contributed by atoms with Gasteiger partial charge in [0, 0.05) is 18.0 Å². The lowest BCUT2D eigenvalue weighted by atomic mass is 10.1. The molecule has 26 heavy (non-hydrogen) atoms. The number of carbonyl (C=O) groups is 1. The number of ether oxygens (including phenoxy) is 1. The molecule has 0 radical (unpaired) electrons. The number of urea groups is 1. The Bertz CT molecular complexity index is 910. The van der Waals surface area contributed by atoms with Gasteiger partial charge in [-0.1, -0.05) is 29.8 Å². The number of hydrogen-bond acceptors (Lipinski definition) is 3. The number of benzene rings is 2. The van der Waals surface area contributed by atoms with Crippen molar-refractivity contribution in [2.45, 2.75) is 20.0 Å². The molecule has 3 rings (SSSR count). The molecule has 0 aliphatic carbocycles. The fourth-order valence-electron chi connectivity index (χ4n) is 2.75. The van der Waals surface area contributed by atoms with Gasteiger partial charge in [0.2, 0.25) is 0 Å². The lowest BCUT2D eigenvalue weighted by Gasteiger charge is -2.20. The summed E-state index contributed by atoms with van der Waals surface area (Å²) >= 11 is 7.47. The van der Waals surface area contributed by atoms with E-state index in [9.17, 15) is 4.79 Å². The molecule has 4 nitrogen and oxygen atoms in total. The summed E-state index contributed by atoms with van der Waals surface area (Å²) in [5.41, 5.74) is 1.06. The first kappa shape index (κ1) is 18.5. The van der Waals surface area contributed by atoms with E-state index in [0.717, 1.165) is 31.3 Å². The van der Waals surface area contributed by atoms with Crippen molar-refractivity contribution >= 4 is 39.7 Å². The number of methoxy groups -OCH3 is 1. The summed E-state index contributed by atoms with van der Waals surface area (Å²) in [6, 6.07) is 15.9. The maximum atomic E-state index is 12.5. The predicted octanol–water partition coefficient (Wildman–Crippen LogP) is 5.30. The Kier molecular flexibility index (Phi) is 6.01. The van der Waals surface area contributed by atoms with Gasteiger partial charge in [0.1, 0.15) is 5.75 Å². The zero-order chi connectivity index (χ0) is 18.5. The van der Waals surface area contributed by atoms with Crippen LogP contribution in [0.3, 0.4) is 0 Å². The number of halogens is 1. The van der Waals surface area contributed by atoms with E-state index >= 15 is 0 Å². The minimum absolute atomic E-state index is 0.0770. The number of nitrogens with one attached hydrogen (secondary N) is 1. The number of rotatable bonds is 6. The number of fused-ring (bicyclic) bond motifs is 1. The molecule has 1 N–H and O–H groups in total. The zero-order valence-corrected chi connectivity index (χ0v) is 16.4. The summed E-state index contributed by atoms with van der Waals surface area (Å²) in [6.45, 7) is 3.66. The van der Waals surface area contributed by atoms with Gasteiger partial charge >= 0.3 is 6.03 Å². The first-order valence-corrected chi connectivity index (χ1v) is 9.62. The van der Waals surface area contributed by atoms with E-state index in [1.54, 1.807) is 12.0 Å². The smallest absolute Gasteiger partial charge is 0.317 e. The molecule has 136 valence electrons. The van der Waals surface area contributed by atoms with Crippen molar-refractivity contribution in [3.63, 3.8) is 0 Å². The first-order valence-electron chi connectivity index (χ1n) is 8.42. The Labute approximate surface area is 162 Å². The number of thiophene rings is 1. The third kappa shape index (κ3) is 4.48. The molecular weight excluding hydrogens is 368 g/mol. The normalized spacial score (nSPS) is 10.7. The van der Waals surface area contributed by atoms with Gasteiger partial charge in [-0.3, -0.25) is 0 Å². The van der Waals surface area contributed by atoms with Crippen LogP contribution < -0.4 is 10.1 Å². The van der Waals surface area contributed by atoms with Crippen LogP contribution >= 0.6 is 22.9 Å². The molecule has 0 spiro atoms. The molecule has 0 unspecified atom stereocenters. The van der Waals surface area contributed by atoms with Crippen LogP contribution in [0.4, 0.5) is 4.79 Å². The number of amides is 2. The highest BCUT2D eigenvalue weighted by molar-refractivity contribution is 7.16. The summed E-state index contributed by atoms with van der Waals surface area (Å²) in [5.74, 6) is 0.839. The van der Waals surface area contributed by atoms with Crippen molar-refractivity contribution in [2.24, 2.45) is 0 Å². The number of nitrogens with zero attached hydrogens (tertiary/aromatic N) is 1. The van der Waals surface area contributed by atoms with E-state index in [0.29, 0.717) is 19.6 Å². The minimum Gasteiger partial charge on any atom is -0.497 e. The quantitative estimate of drug-likeness (QED) is 0.622. The van der Waals surface area contributed by atoms with Crippen LogP contribution in [0.5, 0.6) is 5.75 Å². The molecule has 0 saturated heterocycles. The second-order valence-electron chi connectivity index (χ2n) is 5.93. The molecular formula is C20H21ClN2O2S. The van der Waals surface area contributed by atoms with E-state index in [4.69, 9.17) is 16.3 Å². The summed E-state index contributed by atoms with van der Waals surface area (Å²) in [6.07, 6.45) is 0. The molecule has 3 aromatic rings. The van der Waals surface area contributed by atoms with Gasteiger partial charge in [-0.15, -0.1) is 11.3 Å². The Morgan fingerprint density at radius 3 is 2.62 bits per heavy atom. The maximum absolute atomic E-state index is 12.5. The van der Waals surface area contributed by atoms with Gasteiger partial charge in [-0.2, -0.15) is 0 Å². The number of hydrogen-bond donors (Lipinski definition) is 1. The highest BCUT2D eigenvalue weighted by Gasteiger charge is 2.13. The second-order valence-corrected chi connectivity index (χ2v) is 7.73. The predicted molar refractivity (Wildman–Crippen MR) is 108 cm³/mol. The van der Waals surface area contributed by atoms with Crippen LogP contribution in [0.15, 0.2) is 48.5 Å². The Morgan fingerprint density at radius 1 is 1.15 bits per heavy atom. The van der Waals surface area contributed by atoms with Gasteiger partial charge in [-0.25, -0.2) is 4.79 Å². The summed E-state index contributed by atoms with van der Waals surface area (Å²) < 4.78 is 5.99. The lowest BCUT2D eigenvalue weighted by molar-refractivity contribution is 0.198. The van der Waals surface area contributed by atoms with E-state index in [1.165, 1.54) is 11.3 Å². The topological polar surface area (TPSA) is 41.6 Å². The molecule has 0 aliphatic heterocycles. The maximum Gasteiger partial charge on any atom is 0.317 e. The van der Waals surface area contributed by atoms with Gasteiger partial charge in [-0.05, 0) is 53.6 Å². The van der Waals surface area contributed by atoms with E-state index in [-0.39, 0.29) is 6.03 Å². The van der Waals surface area contributed by atoms with Gasteiger partial charge in [0.15, 0.2) is 0 Å². The van der Waals surface area contributed by atoms with E-state index in [1.807, 2.05) is 49.4 Å². The SMILES string of the molecule is CCN(Cc1ccc(Cl)s1)C(=O)NCc1ccc2cc(OC)ccc2c1. The van der Waals surface area contributed by atoms with Crippen LogP contribution in [-0.2, 0) is 13.1 Å². The molecule has 0 saturated carbocycles. The molecule has 6 heteroatoms. The van der Waals surface area contributed by atoms with Crippen molar-refractivity contribution < 1.29 is 9.53 Å². The monoisotopic (exact) mass is 388 g/mol. The molecule has 2 amide bonds. The second kappa shape index (κ2) is 8.43. The highest BCUT2D eigenvalue weighted by atomic mass is 35.5. The van der Waals surface area contributed by atoms with Crippen LogP contribution in [0.1, 0.15) is 17.4 Å². The van der Waals surface area contributed by atoms with Crippen molar-refractivity contribution in [2.75, 3.05) is 13.7 Å². The van der Waals surface area contributed by atoms with Gasteiger partial charge in [0.05, 0.1) is 18.0 Å². The number of carbonyl (C=O) groups excluding carboxylic acids is 1. The fourth-order valence-corrected chi connectivity index (χ4v) is 3.86. The fraction of sp³-hybridized carbons (Fsp3) is 0.250. The molecule has 0 atom stereocenters. The first-order chi connectivity index (χ1) is 12.6. The summed E-state index contributed by atoms with van der Waals surface area (Å²) in [4.78, 5) is 15.3. The van der Waals surface area contributed by atoms with Crippen LogP contribution in [-0.4, -0.2) is 24.6 Å². The Morgan fingerprint density at radius 2 is 1.92 bits per heavy atom. The molecule has 0 bridgehead atoms. The molecule has 2 aromatic carbocycles. The van der Waals surface area contributed by atoms with Crippen LogP contribution in [0, 0.1) is 0 Å².